The Labute approximate surface area is 97.1 Å². The first-order chi connectivity index (χ1) is 7.81. The van der Waals surface area contributed by atoms with Crippen molar-refractivity contribution < 1.29 is 4.79 Å². The molecule has 1 saturated carbocycles. The zero-order chi connectivity index (χ0) is 11.4. The van der Waals surface area contributed by atoms with Gasteiger partial charge >= 0.3 is 0 Å². The predicted octanol–water partition coefficient (Wildman–Crippen LogP) is 2.75. The molecule has 0 amide bonds. The van der Waals surface area contributed by atoms with Gasteiger partial charge in [-0.05, 0) is 37.4 Å². The summed E-state index contributed by atoms with van der Waals surface area (Å²) in [5, 5.41) is 3.01. The molecule has 0 aliphatic heterocycles. The molecular formula is C14H19NO. The lowest BCUT2D eigenvalue weighted by atomic mass is 9.79. The van der Waals surface area contributed by atoms with Gasteiger partial charge in [-0.1, -0.05) is 24.6 Å². The van der Waals surface area contributed by atoms with Crippen molar-refractivity contribution in [2.24, 2.45) is 0 Å². The zero-order valence-electron chi connectivity index (χ0n) is 9.83. The van der Waals surface area contributed by atoms with Crippen molar-refractivity contribution in [2.45, 2.75) is 31.6 Å². The fourth-order valence-corrected chi connectivity index (χ4v) is 2.09. The molecule has 2 rings (SSSR count). The van der Waals surface area contributed by atoms with Crippen LogP contribution in [-0.4, -0.2) is 19.4 Å². The van der Waals surface area contributed by atoms with Crippen molar-refractivity contribution in [1.29, 1.82) is 0 Å². The number of Topliss-reactive ketones (excluding diaryl/α,β-unsaturated/α-hetero) is 1. The number of ketones is 1. The van der Waals surface area contributed by atoms with E-state index in [0.717, 1.165) is 12.1 Å². The van der Waals surface area contributed by atoms with Crippen molar-refractivity contribution in [3.05, 3.63) is 35.4 Å². The van der Waals surface area contributed by atoms with Crippen LogP contribution in [0, 0.1) is 0 Å². The van der Waals surface area contributed by atoms with Crippen LogP contribution in [0.5, 0.6) is 0 Å². The molecule has 0 heterocycles. The monoisotopic (exact) mass is 217 g/mol. The molecule has 1 N–H and O–H groups in total. The molecular weight excluding hydrogens is 198 g/mol. The molecule has 1 aromatic carbocycles. The minimum atomic E-state index is 0.246. The van der Waals surface area contributed by atoms with E-state index in [1.54, 1.807) is 0 Å². The van der Waals surface area contributed by atoms with Gasteiger partial charge in [0.25, 0.3) is 0 Å². The van der Waals surface area contributed by atoms with Crippen LogP contribution in [0.15, 0.2) is 24.3 Å². The second-order valence-electron chi connectivity index (χ2n) is 4.53. The second kappa shape index (κ2) is 5.26. The molecule has 1 aromatic rings. The first-order valence-electron chi connectivity index (χ1n) is 6.09. The van der Waals surface area contributed by atoms with Gasteiger partial charge in [-0.2, -0.15) is 0 Å². The third-order valence-corrected chi connectivity index (χ3v) is 3.39. The number of nitrogens with one attached hydrogen (secondary N) is 1. The molecule has 2 heteroatoms. The minimum Gasteiger partial charge on any atom is -0.319 e. The van der Waals surface area contributed by atoms with Crippen LogP contribution >= 0.6 is 0 Å². The van der Waals surface area contributed by atoms with Gasteiger partial charge in [0.2, 0.25) is 0 Å². The Bertz CT molecular complexity index is 369. The third kappa shape index (κ3) is 2.50. The molecule has 1 fully saturated rings. The van der Waals surface area contributed by atoms with Gasteiger partial charge in [0.05, 0.1) is 0 Å². The van der Waals surface area contributed by atoms with Gasteiger partial charge in [0.15, 0.2) is 5.78 Å². The average Bonchev–Trinajstić information content (AvgIpc) is 2.24. The van der Waals surface area contributed by atoms with Gasteiger partial charge in [-0.25, -0.2) is 0 Å². The highest BCUT2D eigenvalue weighted by atomic mass is 16.1. The number of benzene rings is 1. The maximum absolute atomic E-state index is 11.8. The van der Waals surface area contributed by atoms with Gasteiger partial charge in [0.1, 0.15) is 0 Å². The van der Waals surface area contributed by atoms with Gasteiger partial charge in [-0.15, -0.1) is 0 Å². The quantitative estimate of drug-likeness (QED) is 0.768. The first-order valence-corrected chi connectivity index (χ1v) is 6.09. The molecule has 0 bridgehead atoms. The van der Waals surface area contributed by atoms with Crippen LogP contribution in [0.4, 0.5) is 0 Å². The summed E-state index contributed by atoms with van der Waals surface area (Å²) < 4.78 is 0. The van der Waals surface area contributed by atoms with Gasteiger partial charge < -0.3 is 5.32 Å². The van der Waals surface area contributed by atoms with Crippen molar-refractivity contribution >= 4 is 5.78 Å². The Hall–Kier alpha value is -1.15. The standard InChI is InChI=1S/C14H19NO/c1-15-9-8-14(16)13-7-3-6-12(10-13)11-4-2-5-11/h3,6-7,10-11,15H,2,4-5,8-9H2,1H3. The zero-order valence-corrected chi connectivity index (χ0v) is 9.83. The fraction of sp³-hybridized carbons (Fsp3) is 0.500. The molecule has 16 heavy (non-hydrogen) atoms. The molecule has 0 unspecified atom stereocenters. The molecule has 86 valence electrons. The Morgan fingerprint density at radius 2 is 2.25 bits per heavy atom. The lowest BCUT2D eigenvalue weighted by molar-refractivity contribution is 0.0983. The van der Waals surface area contributed by atoms with E-state index in [0.29, 0.717) is 12.3 Å². The predicted molar refractivity (Wildman–Crippen MR) is 65.9 cm³/mol. The molecule has 1 aliphatic carbocycles. The highest BCUT2D eigenvalue weighted by molar-refractivity contribution is 5.96. The van der Waals surface area contributed by atoms with Crippen LogP contribution in [0.2, 0.25) is 0 Å². The normalized spacial score (nSPS) is 15.8. The van der Waals surface area contributed by atoms with E-state index in [2.05, 4.69) is 17.4 Å². The van der Waals surface area contributed by atoms with Crippen molar-refractivity contribution in [3.63, 3.8) is 0 Å². The SMILES string of the molecule is CNCCC(=O)c1cccc(C2CCC2)c1. The minimum absolute atomic E-state index is 0.246. The summed E-state index contributed by atoms with van der Waals surface area (Å²) in [5.41, 5.74) is 2.22. The first kappa shape index (κ1) is 11.3. The van der Waals surface area contributed by atoms with Crippen molar-refractivity contribution in [2.75, 3.05) is 13.6 Å². The Kier molecular flexibility index (Phi) is 3.73. The summed E-state index contributed by atoms with van der Waals surface area (Å²) in [7, 11) is 1.87. The van der Waals surface area contributed by atoms with Crippen LogP contribution in [0.3, 0.4) is 0 Å². The maximum atomic E-state index is 11.8. The number of rotatable bonds is 5. The molecule has 0 atom stereocenters. The molecule has 0 saturated heterocycles. The molecule has 0 radical (unpaired) electrons. The number of carbonyl (C=O) groups is 1. The lowest BCUT2D eigenvalue weighted by Crippen LogP contribution is -2.14. The lowest BCUT2D eigenvalue weighted by Gasteiger charge is -2.26. The molecule has 0 spiro atoms. The van der Waals surface area contributed by atoms with E-state index < -0.39 is 0 Å². The van der Waals surface area contributed by atoms with Crippen LogP contribution < -0.4 is 5.32 Å². The van der Waals surface area contributed by atoms with Crippen molar-refractivity contribution in [3.8, 4) is 0 Å². The largest absolute Gasteiger partial charge is 0.319 e. The molecule has 0 aromatic heterocycles. The summed E-state index contributed by atoms with van der Waals surface area (Å²) in [6.45, 7) is 0.756. The highest BCUT2D eigenvalue weighted by Crippen LogP contribution is 2.36. The summed E-state index contributed by atoms with van der Waals surface area (Å²) in [4.78, 5) is 11.8. The Morgan fingerprint density at radius 3 is 2.88 bits per heavy atom. The van der Waals surface area contributed by atoms with Crippen LogP contribution in [-0.2, 0) is 0 Å². The number of hydrogen-bond donors (Lipinski definition) is 1. The Morgan fingerprint density at radius 1 is 1.44 bits per heavy atom. The topological polar surface area (TPSA) is 29.1 Å². The summed E-state index contributed by atoms with van der Waals surface area (Å²) >= 11 is 0. The average molecular weight is 217 g/mol. The van der Waals surface area contributed by atoms with E-state index in [9.17, 15) is 4.79 Å². The van der Waals surface area contributed by atoms with Crippen LogP contribution in [0.1, 0.15) is 47.5 Å². The van der Waals surface area contributed by atoms with Crippen LogP contribution in [0.25, 0.3) is 0 Å². The van der Waals surface area contributed by atoms with Gasteiger partial charge in [-0.3, -0.25) is 4.79 Å². The smallest absolute Gasteiger partial charge is 0.164 e. The van der Waals surface area contributed by atoms with E-state index in [1.165, 1.54) is 24.8 Å². The fourth-order valence-electron chi connectivity index (χ4n) is 2.09. The van der Waals surface area contributed by atoms with E-state index >= 15 is 0 Å². The number of carbonyl (C=O) groups excluding carboxylic acids is 1. The van der Waals surface area contributed by atoms with E-state index in [4.69, 9.17) is 0 Å². The number of hydrogen-bond acceptors (Lipinski definition) is 2. The highest BCUT2D eigenvalue weighted by Gasteiger charge is 2.20. The second-order valence-corrected chi connectivity index (χ2v) is 4.53. The molecule has 2 nitrogen and oxygen atoms in total. The third-order valence-electron chi connectivity index (χ3n) is 3.39. The maximum Gasteiger partial charge on any atom is 0.164 e. The summed E-state index contributed by atoms with van der Waals surface area (Å²) in [6.07, 6.45) is 4.50. The Balaban J connectivity index is 2.05. The van der Waals surface area contributed by atoms with Gasteiger partial charge in [0, 0.05) is 18.5 Å². The summed E-state index contributed by atoms with van der Waals surface area (Å²) in [6, 6.07) is 8.18. The van der Waals surface area contributed by atoms with E-state index in [1.807, 2.05) is 19.2 Å². The van der Waals surface area contributed by atoms with Crippen molar-refractivity contribution in [1.82, 2.24) is 5.32 Å². The van der Waals surface area contributed by atoms with E-state index in [-0.39, 0.29) is 5.78 Å². The molecule has 1 aliphatic rings. The summed E-state index contributed by atoms with van der Waals surface area (Å²) in [5.74, 6) is 0.951.